The van der Waals surface area contributed by atoms with Gasteiger partial charge in [-0.15, -0.1) is 0 Å². The van der Waals surface area contributed by atoms with E-state index in [-0.39, 0.29) is 4.90 Å². The first-order valence-corrected chi connectivity index (χ1v) is 3.98. The van der Waals surface area contributed by atoms with Crippen LogP contribution in [0.5, 0.6) is 0 Å². The minimum Gasteiger partial charge on any atom is -0.423 e. The van der Waals surface area contributed by atoms with Crippen LogP contribution in [0.2, 0.25) is 0 Å². The summed E-state index contributed by atoms with van der Waals surface area (Å²) < 4.78 is 111. The molecular formula is C11H16BNO2. The van der Waals surface area contributed by atoms with Crippen LogP contribution in [0.1, 0.15) is 38.3 Å². The molecule has 0 aromatic heterocycles. The summed E-state index contributed by atoms with van der Waals surface area (Å²) in [4.78, 5) is -0.296. The summed E-state index contributed by atoms with van der Waals surface area (Å²) in [5, 5.41) is 18.9. The molecule has 0 unspecified atom stereocenters. The van der Waals surface area contributed by atoms with Gasteiger partial charge in [-0.2, -0.15) is 0 Å². The summed E-state index contributed by atoms with van der Waals surface area (Å²) in [6, 6.07) is -4.42. The van der Waals surface area contributed by atoms with Crippen molar-refractivity contribution in [1.82, 2.24) is 0 Å². The predicted octanol–water partition coefficient (Wildman–Crippen LogP) is 0.357. The van der Waals surface area contributed by atoms with Crippen molar-refractivity contribution in [3.8, 4) is 0 Å². The molecule has 0 radical (unpaired) electrons. The van der Waals surface area contributed by atoms with Crippen molar-refractivity contribution in [2.24, 2.45) is 0 Å². The highest BCUT2D eigenvalue weighted by molar-refractivity contribution is 6.58. The van der Waals surface area contributed by atoms with Crippen molar-refractivity contribution in [1.29, 1.82) is 0 Å². The van der Waals surface area contributed by atoms with Gasteiger partial charge in [0.05, 0.1) is 5.48 Å². The highest BCUT2D eigenvalue weighted by Crippen LogP contribution is 2.18. The van der Waals surface area contributed by atoms with Gasteiger partial charge in [0.15, 0.2) is 0 Å². The van der Waals surface area contributed by atoms with Gasteiger partial charge in [-0.1, -0.05) is 12.1 Å². The summed E-state index contributed by atoms with van der Waals surface area (Å²) in [5.74, 6) is 0. The van der Waals surface area contributed by atoms with Crippen LogP contribution in [-0.4, -0.2) is 30.2 Å². The van der Waals surface area contributed by atoms with Gasteiger partial charge in [0.25, 0.3) is 0 Å². The van der Waals surface area contributed by atoms with Gasteiger partial charge in [-0.05, 0) is 36.7 Å². The first kappa shape index (κ1) is 2.82. The number of rotatable bonds is 2. The molecular weight excluding hydrogens is 189 g/mol. The lowest BCUT2D eigenvalue weighted by Gasteiger charge is -2.29. The summed E-state index contributed by atoms with van der Waals surface area (Å²) in [6.07, 6.45) is -11.2. The van der Waals surface area contributed by atoms with Crippen molar-refractivity contribution in [2.45, 2.75) is 19.1 Å². The van der Waals surface area contributed by atoms with E-state index in [1.54, 1.807) is 0 Å². The average molecular weight is 219 g/mol. The molecule has 0 atom stereocenters. The topological polar surface area (TPSA) is 43.7 Å². The second-order valence-electron chi connectivity index (χ2n) is 2.57. The number of nitrogens with zero attached hydrogens (tertiary/aromatic N) is 1. The molecule has 0 aliphatic carbocycles. The molecule has 1 aliphatic rings. The quantitative estimate of drug-likeness (QED) is 0.706. The van der Waals surface area contributed by atoms with Crippen molar-refractivity contribution in [3.05, 3.63) is 24.2 Å². The third kappa shape index (κ3) is 2.52. The fourth-order valence-corrected chi connectivity index (χ4v) is 0.927. The molecule has 2 N–H and O–H groups in total. The molecule has 3 nitrogen and oxygen atoms in total. The molecule has 1 aliphatic heterocycles. The Kier molecular flexibility index (Phi) is 0.879. The van der Waals surface area contributed by atoms with Gasteiger partial charge >= 0.3 is 7.12 Å². The molecule has 2 rings (SSSR count). The molecule has 0 spiro atoms. The lowest BCUT2D eigenvalue weighted by molar-refractivity contribution is 0.426. The van der Waals surface area contributed by atoms with Crippen LogP contribution in [0.4, 0.5) is 5.69 Å². The van der Waals surface area contributed by atoms with Crippen molar-refractivity contribution in [2.75, 3.05) is 17.9 Å². The molecule has 1 aromatic rings. The van der Waals surface area contributed by atoms with E-state index in [2.05, 4.69) is 0 Å². The van der Waals surface area contributed by atoms with Gasteiger partial charge in [0.1, 0.15) is 0 Å². The molecule has 1 heterocycles. The number of hydrogen-bond acceptors (Lipinski definition) is 3. The van der Waals surface area contributed by atoms with Crippen molar-refractivity contribution < 1.29 is 29.2 Å². The van der Waals surface area contributed by atoms with E-state index in [0.29, 0.717) is 0 Å². The SMILES string of the molecule is [2H]c1c([2H])c(B(O)O)c([2H])c(N2C([2H])([2H])C([2H])([2H])C([2H])([2H])C([2H])([2H])C2([2H])[2H])c1[2H]. The van der Waals surface area contributed by atoms with E-state index in [1.165, 1.54) is 0 Å². The van der Waals surface area contributed by atoms with E-state index in [9.17, 15) is 10.0 Å². The smallest absolute Gasteiger partial charge is 0.423 e. The summed E-state index contributed by atoms with van der Waals surface area (Å²) in [5.41, 5.74) is -2.21. The molecule has 1 fully saturated rings. The Labute approximate surface area is 110 Å². The Morgan fingerprint density at radius 3 is 2.67 bits per heavy atom. The zero-order valence-electron chi connectivity index (χ0n) is 21.4. The molecule has 0 saturated carbocycles. The van der Waals surface area contributed by atoms with Gasteiger partial charge in [-0.25, -0.2) is 0 Å². The van der Waals surface area contributed by atoms with Crippen LogP contribution in [0.25, 0.3) is 0 Å². The second-order valence-corrected chi connectivity index (χ2v) is 2.57. The molecule has 1 aromatic carbocycles. The van der Waals surface area contributed by atoms with Crippen molar-refractivity contribution in [3.63, 3.8) is 0 Å². The molecule has 1 saturated heterocycles. The maximum absolute atomic E-state index is 9.43. The predicted molar refractivity (Wildman–Crippen MR) is 62.3 cm³/mol. The van der Waals surface area contributed by atoms with Gasteiger partial charge in [-0.3, -0.25) is 0 Å². The van der Waals surface area contributed by atoms with Crippen LogP contribution in [-0.2, 0) is 0 Å². The minimum absolute atomic E-state index is 0.296. The largest absolute Gasteiger partial charge is 0.488 e. The van der Waals surface area contributed by atoms with Crippen LogP contribution < -0.4 is 10.4 Å². The van der Waals surface area contributed by atoms with Crippen molar-refractivity contribution >= 4 is 18.3 Å². The maximum atomic E-state index is 9.43. The summed E-state index contributed by atoms with van der Waals surface area (Å²) >= 11 is 0. The molecule has 80 valence electrons. The first-order valence-electron chi connectivity index (χ1n) is 11.0. The molecule has 0 bridgehead atoms. The standard InChI is InChI=1S/C11H16BNO2/c14-12(15)10-5-4-6-11(9-10)13-7-2-1-3-8-13/h4-6,9,14-15H,1-3,7-8H2/i1D2,2D2,3D2,4D,5D,6D,7D2,8D2,9D. The zero-order valence-corrected chi connectivity index (χ0v) is 7.42. The van der Waals surface area contributed by atoms with Crippen LogP contribution >= 0.6 is 0 Å². The number of benzene rings is 1. The Bertz CT molecular complexity index is 827. The molecule has 15 heavy (non-hydrogen) atoms. The van der Waals surface area contributed by atoms with E-state index < -0.39 is 74.6 Å². The maximum Gasteiger partial charge on any atom is 0.488 e. The van der Waals surface area contributed by atoms with E-state index in [0.717, 1.165) is 0 Å². The Morgan fingerprint density at radius 2 is 2.00 bits per heavy atom. The monoisotopic (exact) mass is 219 g/mol. The van der Waals surface area contributed by atoms with Gasteiger partial charge in [0.2, 0.25) is 0 Å². The number of anilines is 1. The van der Waals surface area contributed by atoms with Crippen LogP contribution in [0, 0.1) is 0 Å². The van der Waals surface area contributed by atoms with E-state index in [4.69, 9.17) is 19.2 Å². The van der Waals surface area contributed by atoms with E-state index in [1.807, 2.05) is 0 Å². The van der Waals surface area contributed by atoms with Gasteiger partial charge in [0, 0.05) is 32.4 Å². The number of hydrogen-bond donors (Lipinski definition) is 2. The normalized spacial score (nSPS) is 46.9. The Hall–Kier alpha value is -0.995. The third-order valence-electron chi connectivity index (χ3n) is 1.57. The van der Waals surface area contributed by atoms with Crippen LogP contribution in [0.3, 0.4) is 0 Å². The lowest BCUT2D eigenvalue weighted by Crippen LogP contribution is -2.33. The van der Waals surface area contributed by atoms with Crippen LogP contribution in [0.15, 0.2) is 24.2 Å². The highest BCUT2D eigenvalue weighted by Gasteiger charge is 2.14. The summed E-state index contributed by atoms with van der Waals surface area (Å²) in [6.45, 7) is -7.41. The minimum atomic E-state index is -3.73. The lowest BCUT2D eigenvalue weighted by atomic mass is 9.80. The first-order chi connectivity index (χ1) is 12.7. The highest BCUT2D eigenvalue weighted by atomic mass is 16.4. The molecule has 0 amide bonds. The fraction of sp³-hybridized carbons (Fsp3) is 0.455. The second kappa shape index (κ2) is 4.68. The van der Waals surface area contributed by atoms with E-state index >= 15 is 0 Å². The zero-order chi connectivity index (χ0) is 23.1. The average Bonchev–Trinajstić information content (AvgIpc) is 2.54. The fourth-order valence-electron chi connectivity index (χ4n) is 0.927. The summed E-state index contributed by atoms with van der Waals surface area (Å²) in [7, 11) is -2.56. The number of piperidine rings is 1. The Balaban J connectivity index is 3.05. The van der Waals surface area contributed by atoms with Gasteiger partial charge < -0.3 is 14.9 Å². The third-order valence-corrected chi connectivity index (χ3v) is 1.57. The molecule has 4 heteroatoms. The Morgan fingerprint density at radius 1 is 1.27 bits per heavy atom.